The molecule has 1 aliphatic heterocycles. The van der Waals surface area contributed by atoms with Gasteiger partial charge in [-0.15, -0.1) is 0 Å². The van der Waals surface area contributed by atoms with Crippen LogP contribution >= 0.6 is 0 Å². The highest BCUT2D eigenvalue weighted by Crippen LogP contribution is 2.25. The lowest BCUT2D eigenvalue weighted by Gasteiger charge is -2.30. The lowest BCUT2D eigenvalue weighted by Crippen LogP contribution is -2.46. The molecule has 1 rings (SSSR count). The summed E-state index contributed by atoms with van der Waals surface area (Å²) in [5.41, 5.74) is -0.594. The maximum Gasteiger partial charge on any atom is 0.224 e. The molecule has 1 fully saturated rings. The molecule has 0 spiro atoms. The average molecular weight is 212 g/mol. The van der Waals surface area contributed by atoms with Crippen LogP contribution in [-0.2, 0) is 9.59 Å². The van der Waals surface area contributed by atoms with Gasteiger partial charge in [-0.25, -0.2) is 0 Å². The summed E-state index contributed by atoms with van der Waals surface area (Å²) in [5, 5.41) is 0. The first-order chi connectivity index (χ1) is 6.85. The molecule has 15 heavy (non-hydrogen) atoms. The molecule has 0 aromatic carbocycles. The molecule has 1 heterocycles. The molecule has 0 atom stereocenters. The third kappa shape index (κ3) is 2.56. The Labute approximate surface area is 91.2 Å². The average Bonchev–Trinajstić information content (AvgIpc) is 2.38. The number of amides is 1. The number of likely N-dealkylation sites (tertiary alicyclic amines) is 1. The number of rotatable bonds is 3. The quantitative estimate of drug-likeness (QED) is 0.684. The van der Waals surface area contributed by atoms with Gasteiger partial charge in [0.25, 0.3) is 0 Å². The Balaban J connectivity index is 2.57. The standard InChI is InChI=1S/C11H20N2O2/c1-11(2)9(14)5-8-13(11)10(15)6-7-12(3)4/h5-8H2,1-4H3. The van der Waals surface area contributed by atoms with Crippen LogP contribution in [0.25, 0.3) is 0 Å². The zero-order valence-electron chi connectivity index (χ0n) is 10.0. The Kier molecular flexibility index (Phi) is 3.50. The molecule has 0 aromatic rings. The van der Waals surface area contributed by atoms with E-state index in [9.17, 15) is 9.59 Å². The second kappa shape index (κ2) is 4.31. The Hall–Kier alpha value is -0.900. The first kappa shape index (κ1) is 12.2. The fourth-order valence-electron chi connectivity index (χ4n) is 1.84. The SMILES string of the molecule is CN(C)CCC(=O)N1CCC(=O)C1(C)C. The van der Waals surface area contributed by atoms with Crippen LogP contribution in [0.3, 0.4) is 0 Å². The minimum absolute atomic E-state index is 0.0829. The number of Topliss-reactive ketones (excluding diaryl/α,β-unsaturated/α-hetero) is 1. The van der Waals surface area contributed by atoms with Crippen molar-refractivity contribution in [3.8, 4) is 0 Å². The van der Waals surface area contributed by atoms with E-state index in [1.54, 1.807) is 4.90 Å². The van der Waals surface area contributed by atoms with E-state index >= 15 is 0 Å². The van der Waals surface area contributed by atoms with Crippen molar-refractivity contribution in [2.75, 3.05) is 27.2 Å². The molecule has 0 unspecified atom stereocenters. The van der Waals surface area contributed by atoms with Crippen LogP contribution in [0.4, 0.5) is 0 Å². The summed E-state index contributed by atoms with van der Waals surface area (Å²) in [6.07, 6.45) is 0.990. The van der Waals surface area contributed by atoms with Crippen LogP contribution in [0.15, 0.2) is 0 Å². The van der Waals surface area contributed by atoms with E-state index < -0.39 is 5.54 Å². The maximum absolute atomic E-state index is 11.9. The molecule has 0 bridgehead atoms. The van der Waals surface area contributed by atoms with Crippen molar-refractivity contribution in [3.63, 3.8) is 0 Å². The molecular formula is C11H20N2O2. The van der Waals surface area contributed by atoms with Gasteiger partial charge in [0.1, 0.15) is 0 Å². The minimum Gasteiger partial charge on any atom is -0.330 e. The summed E-state index contributed by atoms with van der Waals surface area (Å²) >= 11 is 0. The largest absolute Gasteiger partial charge is 0.330 e. The number of nitrogens with zero attached hydrogens (tertiary/aromatic N) is 2. The maximum atomic E-state index is 11.9. The molecule has 0 saturated carbocycles. The molecule has 86 valence electrons. The van der Waals surface area contributed by atoms with Gasteiger partial charge < -0.3 is 9.80 Å². The van der Waals surface area contributed by atoms with Crippen molar-refractivity contribution >= 4 is 11.7 Å². The molecular weight excluding hydrogens is 192 g/mol. The Morgan fingerprint density at radius 3 is 2.47 bits per heavy atom. The number of hydrogen-bond donors (Lipinski definition) is 0. The highest BCUT2D eigenvalue weighted by Gasteiger charge is 2.42. The Bertz CT molecular complexity index is 272. The van der Waals surface area contributed by atoms with Crippen molar-refractivity contribution in [3.05, 3.63) is 0 Å². The van der Waals surface area contributed by atoms with Crippen LogP contribution in [0.5, 0.6) is 0 Å². The third-order valence-electron chi connectivity index (χ3n) is 2.99. The van der Waals surface area contributed by atoms with Gasteiger partial charge in [-0.1, -0.05) is 0 Å². The second-order valence-electron chi connectivity index (χ2n) is 4.83. The summed E-state index contributed by atoms with van der Waals surface area (Å²) < 4.78 is 0. The fourth-order valence-corrected chi connectivity index (χ4v) is 1.84. The van der Waals surface area contributed by atoms with E-state index in [0.717, 1.165) is 6.54 Å². The normalized spacial score (nSPS) is 20.1. The van der Waals surface area contributed by atoms with Gasteiger partial charge in [0.2, 0.25) is 5.91 Å². The summed E-state index contributed by atoms with van der Waals surface area (Å²) in [6, 6.07) is 0. The van der Waals surface area contributed by atoms with E-state index in [-0.39, 0.29) is 11.7 Å². The van der Waals surface area contributed by atoms with Crippen LogP contribution in [-0.4, -0.2) is 54.2 Å². The topological polar surface area (TPSA) is 40.6 Å². The molecule has 4 heteroatoms. The Morgan fingerprint density at radius 2 is 2.07 bits per heavy atom. The summed E-state index contributed by atoms with van der Waals surface area (Å²) in [6.45, 7) is 4.98. The lowest BCUT2D eigenvalue weighted by atomic mass is 10.0. The van der Waals surface area contributed by atoms with Crippen molar-refractivity contribution in [1.82, 2.24) is 9.80 Å². The third-order valence-corrected chi connectivity index (χ3v) is 2.99. The van der Waals surface area contributed by atoms with Gasteiger partial charge in [0.15, 0.2) is 5.78 Å². The predicted molar refractivity (Wildman–Crippen MR) is 58.6 cm³/mol. The molecule has 4 nitrogen and oxygen atoms in total. The van der Waals surface area contributed by atoms with Gasteiger partial charge in [-0.05, 0) is 27.9 Å². The zero-order chi connectivity index (χ0) is 11.6. The number of ketones is 1. The number of carbonyl (C=O) groups excluding carboxylic acids is 2. The van der Waals surface area contributed by atoms with Crippen LogP contribution < -0.4 is 0 Å². The highest BCUT2D eigenvalue weighted by molar-refractivity contribution is 5.95. The monoisotopic (exact) mass is 212 g/mol. The lowest BCUT2D eigenvalue weighted by molar-refractivity contribution is -0.139. The molecule has 1 aliphatic rings. The van der Waals surface area contributed by atoms with Crippen LogP contribution in [0.1, 0.15) is 26.7 Å². The molecule has 0 radical (unpaired) electrons. The van der Waals surface area contributed by atoms with E-state index in [1.165, 1.54) is 0 Å². The van der Waals surface area contributed by atoms with Gasteiger partial charge in [0.05, 0.1) is 5.54 Å². The fraction of sp³-hybridized carbons (Fsp3) is 0.818. The van der Waals surface area contributed by atoms with Gasteiger partial charge in [-0.3, -0.25) is 9.59 Å². The van der Waals surface area contributed by atoms with Gasteiger partial charge >= 0.3 is 0 Å². The van der Waals surface area contributed by atoms with Crippen LogP contribution in [0, 0.1) is 0 Å². The summed E-state index contributed by atoms with van der Waals surface area (Å²) in [4.78, 5) is 27.1. The molecule has 0 aromatic heterocycles. The van der Waals surface area contributed by atoms with E-state index in [1.807, 2.05) is 32.8 Å². The van der Waals surface area contributed by atoms with Crippen molar-refractivity contribution < 1.29 is 9.59 Å². The van der Waals surface area contributed by atoms with Crippen molar-refractivity contribution in [2.45, 2.75) is 32.2 Å². The van der Waals surface area contributed by atoms with Crippen molar-refractivity contribution in [1.29, 1.82) is 0 Å². The smallest absolute Gasteiger partial charge is 0.224 e. The summed E-state index contributed by atoms with van der Waals surface area (Å²) in [5.74, 6) is 0.250. The first-order valence-electron chi connectivity index (χ1n) is 5.34. The zero-order valence-corrected chi connectivity index (χ0v) is 10.0. The first-order valence-corrected chi connectivity index (χ1v) is 5.34. The molecule has 0 aliphatic carbocycles. The van der Waals surface area contributed by atoms with E-state index in [0.29, 0.717) is 19.4 Å². The minimum atomic E-state index is -0.594. The highest BCUT2D eigenvalue weighted by atomic mass is 16.2. The summed E-state index contributed by atoms with van der Waals surface area (Å²) in [7, 11) is 3.88. The van der Waals surface area contributed by atoms with Gasteiger partial charge in [0, 0.05) is 25.9 Å². The van der Waals surface area contributed by atoms with Crippen molar-refractivity contribution in [2.24, 2.45) is 0 Å². The van der Waals surface area contributed by atoms with Gasteiger partial charge in [-0.2, -0.15) is 0 Å². The second-order valence-corrected chi connectivity index (χ2v) is 4.83. The van der Waals surface area contributed by atoms with Crippen LogP contribution in [0.2, 0.25) is 0 Å². The molecule has 1 amide bonds. The number of carbonyl (C=O) groups is 2. The predicted octanol–water partition coefficient (Wildman–Crippen LogP) is 0.518. The van der Waals surface area contributed by atoms with E-state index in [2.05, 4.69) is 0 Å². The Morgan fingerprint density at radius 1 is 1.47 bits per heavy atom. The molecule has 0 N–H and O–H groups in total. The number of hydrogen-bond acceptors (Lipinski definition) is 3. The van der Waals surface area contributed by atoms with E-state index in [4.69, 9.17) is 0 Å². The molecule has 1 saturated heterocycles.